The highest BCUT2D eigenvalue weighted by molar-refractivity contribution is 5.75. The molecule has 0 radical (unpaired) electrons. The maximum absolute atomic E-state index is 4.19. The maximum atomic E-state index is 4.19. The van der Waals surface area contributed by atoms with Crippen LogP contribution in [0.5, 0.6) is 0 Å². The van der Waals surface area contributed by atoms with Gasteiger partial charge in [0.1, 0.15) is 0 Å². The van der Waals surface area contributed by atoms with Gasteiger partial charge in [-0.25, -0.2) is 0 Å². The molecule has 0 heterocycles. The van der Waals surface area contributed by atoms with E-state index in [0.717, 1.165) is 5.57 Å². The molecule has 2 aromatic carbocycles. The summed E-state index contributed by atoms with van der Waals surface area (Å²) in [5.41, 5.74) is 7.66. The lowest BCUT2D eigenvalue weighted by atomic mass is 9.69. The molecular weight excluding hydrogens is 360 g/mol. The lowest BCUT2D eigenvalue weighted by molar-refractivity contribution is 0.469. The third-order valence-electron chi connectivity index (χ3n) is 6.11. The third-order valence-corrected chi connectivity index (χ3v) is 6.11. The zero-order chi connectivity index (χ0) is 22.5. The highest BCUT2D eigenvalue weighted by atomic mass is 14.3. The summed E-state index contributed by atoms with van der Waals surface area (Å²) in [5.74, 6) is 0.223. The first-order chi connectivity index (χ1) is 14.0. The Morgan fingerprint density at radius 3 is 2.03 bits per heavy atom. The van der Waals surface area contributed by atoms with Crippen molar-refractivity contribution in [2.45, 2.75) is 65.2 Å². The monoisotopic (exact) mass is 398 g/mol. The predicted molar refractivity (Wildman–Crippen MR) is 135 cm³/mol. The van der Waals surface area contributed by atoms with Crippen molar-refractivity contribution in [3.05, 3.63) is 114 Å². The van der Waals surface area contributed by atoms with E-state index >= 15 is 0 Å². The van der Waals surface area contributed by atoms with Crippen LogP contribution in [-0.4, -0.2) is 0 Å². The number of rotatable bonds is 7. The van der Waals surface area contributed by atoms with Gasteiger partial charge in [0.15, 0.2) is 0 Å². The van der Waals surface area contributed by atoms with E-state index in [-0.39, 0.29) is 16.7 Å². The molecule has 1 unspecified atom stereocenters. The van der Waals surface area contributed by atoms with Gasteiger partial charge in [-0.1, -0.05) is 120 Å². The molecule has 0 saturated carbocycles. The Hall–Kier alpha value is -2.60. The predicted octanol–water partition coefficient (Wildman–Crippen LogP) is 8.77. The molecule has 0 spiro atoms. The molecule has 158 valence electrons. The molecule has 2 rings (SSSR count). The average molecular weight is 399 g/mol. The minimum atomic E-state index is -0.0863. The first-order valence-corrected chi connectivity index (χ1v) is 10.9. The Bertz CT molecular complexity index is 940. The van der Waals surface area contributed by atoms with Gasteiger partial charge >= 0.3 is 0 Å². The van der Waals surface area contributed by atoms with Gasteiger partial charge in [-0.2, -0.15) is 0 Å². The van der Waals surface area contributed by atoms with Crippen LogP contribution in [0.3, 0.4) is 0 Å². The van der Waals surface area contributed by atoms with E-state index in [9.17, 15) is 0 Å². The van der Waals surface area contributed by atoms with Gasteiger partial charge in [-0.3, -0.25) is 0 Å². The van der Waals surface area contributed by atoms with Crippen LogP contribution in [-0.2, 0) is 10.8 Å². The normalized spacial score (nSPS) is 14.4. The summed E-state index contributed by atoms with van der Waals surface area (Å²) in [6.45, 7) is 23.6. The number of hydrogen-bond acceptors (Lipinski definition) is 0. The Morgan fingerprint density at radius 1 is 0.900 bits per heavy atom. The number of hydrogen-bond donors (Lipinski definition) is 0. The molecule has 0 fully saturated rings. The topological polar surface area (TPSA) is 0 Å². The first kappa shape index (κ1) is 23.7. The molecule has 0 aliphatic carbocycles. The van der Waals surface area contributed by atoms with E-state index in [4.69, 9.17) is 0 Å². The van der Waals surface area contributed by atoms with Crippen LogP contribution >= 0.6 is 0 Å². The zero-order valence-corrected chi connectivity index (χ0v) is 19.9. The second-order valence-electron chi connectivity index (χ2n) is 9.72. The summed E-state index contributed by atoms with van der Waals surface area (Å²) in [5, 5.41) is 0. The number of allylic oxidation sites excluding steroid dienone is 6. The fourth-order valence-corrected chi connectivity index (χ4v) is 3.95. The minimum absolute atomic E-state index is 0.0863. The number of benzene rings is 2. The molecule has 0 amide bonds. The molecular formula is C30H38. The summed E-state index contributed by atoms with van der Waals surface area (Å²) in [6, 6.07) is 18.0. The van der Waals surface area contributed by atoms with Crippen LogP contribution < -0.4 is 0 Å². The second kappa shape index (κ2) is 9.47. The van der Waals surface area contributed by atoms with Gasteiger partial charge in [-0.15, -0.1) is 6.58 Å². The van der Waals surface area contributed by atoms with Crippen LogP contribution in [0.15, 0.2) is 91.6 Å². The highest BCUT2D eigenvalue weighted by Gasteiger charge is 2.31. The molecule has 30 heavy (non-hydrogen) atoms. The van der Waals surface area contributed by atoms with Gasteiger partial charge in [0.2, 0.25) is 0 Å². The van der Waals surface area contributed by atoms with Crippen molar-refractivity contribution in [3.63, 3.8) is 0 Å². The van der Waals surface area contributed by atoms with Crippen molar-refractivity contribution in [1.82, 2.24) is 0 Å². The molecule has 2 aromatic rings. The fourth-order valence-electron chi connectivity index (χ4n) is 3.95. The van der Waals surface area contributed by atoms with Gasteiger partial charge < -0.3 is 0 Å². The highest BCUT2D eigenvalue weighted by Crippen LogP contribution is 2.41. The molecule has 0 aliphatic rings. The first-order valence-electron chi connectivity index (χ1n) is 10.9. The van der Waals surface area contributed by atoms with Crippen LogP contribution in [0.1, 0.15) is 76.6 Å². The average Bonchev–Trinajstić information content (AvgIpc) is 2.72. The van der Waals surface area contributed by atoms with Crippen molar-refractivity contribution in [3.8, 4) is 0 Å². The lowest BCUT2D eigenvalue weighted by Crippen LogP contribution is -2.26. The summed E-state index contributed by atoms with van der Waals surface area (Å²) < 4.78 is 0. The van der Waals surface area contributed by atoms with E-state index in [1.54, 1.807) is 0 Å². The van der Waals surface area contributed by atoms with Crippen LogP contribution in [0.2, 0.25) is 0 Å². The molecule has 0 nitrogen and oxygen atoms in total. The summed E-state index contributed by atoms with van der Waals surface area (Å²) >= 11 is 0. The van der Waals surface area contributed by atoms with Gasteiger partial charge in [-0.05, 0) is 52.5 Å². The van der Waals surface area contributed by atoms with Crippen LogP contribution in [0.25, 0.3) is 5.57 Å². The zero-order valence-electron chi connectivity index (χ0n) is 19.9. The quantitative estimate of drug-likeness (QED) is 0.323. The Labute approximate surface area is 184 Å². The standard InChI is InChI=1S/C30H38/c1-10-22(4)20-23(11-2)25-14-13-15-27(21-25)30(8,9)28(12-3)24-16-18-26(19-17-24)29(5,6)7/h10-21,28H,1,3H2,2,4-9H3/b22-20-,23-11+. The molecule has 0 bridgehead atoms. The van der Waals surface area contributed by atoms with Gasteiger partial charge in [0.05, 0.1) is 0 Å². The Kier molecular flexibility index (Phi) is 7.48. The van der Waals surface area contributed by atoms with Crippen molar-refractivity contribution in [1.29, 1.82) is 0 Å². The lowest BCUT2D eigenvalue weighted by Gasteiger charge is -2.34. The van der Waals surface area contributed by atoms with E-state index in [0.29, 0.717) is 0 Å². The summed E-state index contributed by atoms with van der Waals surface area (Å²) in [6.07, 6.45) is 8.34. The second-order valence-corrected chi connectivity index (χ2v) is 9.72. The van der Waals surface area contributed by atoms with Crippen molar-refractivity contribution in [2.75, 3.05) is 0 Å². The molecule has 0 aromatic heterocycles. The fraction of sp³-hybridized carbons (Fsp3) is 0.333. The van der Waals surface area contributed by atoms with Gasteiger partial charge in [0, 0.05) is 5.92 Å². The van der Waals surface area contributed by atoms with Crippen LogP contribution in [0.4, 0.5) is 0 Å². The molecule has 1 atom stereocenters. The third kappa shape index (κ3) is 5.30. The largest absolute Gasteiger partial charge is 0.102 e. The Balaban J connectivity index is 2.46. The van der Waals surface area contributed by atoms with Crippen molar-refractivity contribution < 1.29 is 0 Å². The van der Waals surface area contributed by atoms with Crippen molar-refractivity contribution in [2.24, 2.45) is 0 Å². The van der Waals surface area contributed by atoms with E-state index in [2.05, 4.69) is 128 Å². The van der Waals surface area contributed by atoms with E-state index < -0.39 is 0 Å². The van der Waals surface area contributed by atoms with Crippen molar-refractivity contribution >= 4 is 5.57 Å². The summed E-state index contributed by atoms with van der Waals surface area (Å²) in [4.78, 5) is 0. The summed E-state index contributed by atoms with van der Waals surface area (Å²) in [7, 11) is 0. The molecule has 0 saturated heterocycles. The van der Waals surface area contributed by atoms with E-state index in [1.807, 2.05) is 6.08 Å². The minimum Gasteiger partial charge on any atom is -0.102 e. The van der Waals surface area contributed by atoms with Gasteiger partial charge in [0.25, 0.3) is 0 Å². The smallest absolute Gasteiger partial charge is 0.0107 e. The molecule has 0 aliphatic heterocycles. The Morgan fingerprint density at radius 2 is 1.53 bits per heavy atom. The maximum Gasteiger partial charge on any atom is 0.0107 e. The molecule has 0 N–H and O–H groups in total. The SMILES string of the molecule is C=C/C(C)=C\C(=C/C)c1cccc(C(C)(C)C(C=C)c2ccc(C(C)(C)C)cc2)c1. The molecule has 0 heteroatoms. The van der Waals surface area contributed by atoms with Crippen LogP contribution in [0, 0.1) is 0 Å². The van der Waals surface area contributed by atoms with E-state index in [1.165, 1.54) is 27.8 Å².